The van der Waals surface area contributed by atoms with E-state index in [1.807, 2.05) is 13.8 Å². The molecule has 0 amide bonds. The first kappa shape index (κ1) is 24.0. The van der Waals surface area contributed by atoms with Gasteiger partial charge in [0.2, 0.25) is 0 Å². The Balaban J connectivity index is 1.96. The maximum atomic E-state index is 11.4. The summed E-state index contributed by atoms with van der Waals surface area (Å²) in [6.07, 6.45) is 7.49. The molecule has 2 heterocycles. The molecular formula is C25H35N3O4. The van der Waals surface area contributed by atoms with Crippen LogP contribution in [0.25, 0.3) is 0 Å². The Morgan fingerprint density at radius 1 is 1.19 bits per heavy atom. The van der Waals surface area contributed by atoms with Crippen molar-refractivity contribution < 1.29 is 19.4 Å². The van der Waals surface area contributed by atoms with Crippen molar-refractivity contribution in [2.75, 3.05) is 25.1 Å². The Morgan fingerprint density at radius 2 is 1.91 bits per heavy atom. The fraction of sp³-hybridized carbons (Fsp3) is 0.560. The number of hydrogen-bond donors (Lipinski definition) is 2. The van der Waals surface area contributed by atoms with Crippen LogP contribution in [-0.4, -0.2) is 40.9 Å². The van der Waals surface area contributed by atoms with E-state index in [0.29, 0.717) is 24.5 Å². The largest absolute Gasteiger partial charge is 0.481 e. The van der Waals surface area contributed by atoms with Crippen molar-refractivity contribution in [3.8, 4) is 6.01 Å². The molecule has 1 aliphatic rings. The first-order valence-electron chi connectivity index (χ1n) is 11.7. The summed E-state index contributed by atoms with van der Waals surface area (Å²) in [5.41, 5.74) is 4.06. The van der Waals surface area contributed by atoms with Gasteiger partial charge in [0, 0.05) is 18.9 Å². The summed E-state index contributed by atoms with van der Waals surface area (Å²) in [7, 11) is 0. The van der Waals surface area contributed by atoms with Crippen molar-refractivity contribution >= 4 is 17.3 Å². The zero-order chi connectivity index (χ0) is 22.9. The predicted octanol–water partition coefficient (Wildman–Crippen LogP) is 5.51. The minimum absolute atomic E-state index is 0.0261. The maximum Gasteiger partial charge on any atom is 0.316 e. The zero-order valence-corrected chi connectivity index (χ0v) is 19.3. The monoisotopic (exact) mass is 441 g/mol. The van der Waals surface area contributed by atoms with Gasteiger partial charge >= 0.3 is 12.0 Å². The van der Waals surface area contributed by atoms with Crippen LogP contribution < -0.4 is 10.1 Å². The molecule has 2 atom stereocenters. The molecule has 1 aliphatic heterocycles. The van der Waals surface area contributed by atoms with Crippen molar-refractivity contribution in [1.82, 2.24) is 9.97 Å². The minimum atomic E-state index is -0.774. The number of carboxylic acids is 1. The number of hydrogen-bond acceptors (Lipinski definition) is 6. The van der Waals surface area contributed by atoms with Gasteiger partial charge in [0.25, 0.3) is 0 Å². The molecule has 3 rings (SSSR count). The van der Waals surface area contributed by atoms with E-state index in [1.54, 1.807) is 12.4 Å². The van der Waals surface area contributed by atoms with Crippen LogP contribution in [0, 0.1) is 5.92 Å². The molecule has 2 N–H and O–H groups in total. The molecule has 174 valence electrons. The standard InChI is InChI=1S/C25H35N3O4/c1-4-17(14-24(29)30)19-7-8-22(21(5-2)18-9-11-31-12-10-18)23(13-19)28-20-15-26-25(27-16-20)32-6-3/h7-8,13,15-18,21,28H,4-6,9-12,14H2,1-3H3,(H,29,30)/t17-,21-/m1/s1. The lowest BCUT2D eigenvalue weighted by Gasteiger charge is -2.32. The lowest BCUT2D eigenvalue weighted by molar-refractivity contribution is -0.137. The molecule has 0 saturated carbocycles. The highest BCUT2D eigenvalue weighted by atomic mass is 16.5. The molecular weight excluding hydrogens is 406 g/mol. The number of rotatable bonds is 11. The van der Waals surface area contributed by atoms with Crippen LogP contribution in [0.4, 0.5) is 11.4 Å². The van der Waals surface area contributed by atoms with E-state index in [0.717, 1.165) is 55.8 Å². The van der Waals surface area contributed by atoms with Crippen LogP contribution in [0.5, 0.6) is 6.01 Å². The summed E-state index contributed by atoms with van der Waals surface area (Å²) in [5, 5.41) is 12.9. The second-order valence-electron chi connectivity index (χ2n) is 8.33. The van der Waals surface area contributed by atoms with Crippen molar-refractivity contribution in [3.63, 3.8) is 0 Å². The molecule has 1 aromatic carbocycles. The Kier molecular flexibility index (Phi) is 8.85. The third-order valence-electron chi connectivity index (χ3n) is 6.32. The first-order valence-corrected chi connectivity index (χ1v) is 11.7. The average molecular weight is 442 g/mol. The quantitative estimate of drug-likeness (QED) is 0.475. The Morgan fingerprint density at radius 3 is 2.50 bits per heavy atom. The second-order valence-corrected chi connectivity index (χ2v) is 8.33. The molecule has 1 fully saturated rings. The van der Waals surface area contributed by atoms with Gasteiger partial charge in [0.1, 0.15) is 0 Å². The minimum Gasteiger partial charge on any atom is -0.481 e. The molecule has 0 aliphatic carbocycles. The number of ether oxygens (including phenoxy) is 2. The number of aliphatic carboxylic acids is 1. The van der Waals surface area contributed by atoms with Crippen molar-refractivity contribution in [2.24, 2.45) is 5.92 Å². The number of nitrogens with one attached hydrogen (secondary N) is 1. The summed E-state index contributed by atoms with van der Waals surface area (Å²) in [6.45, 7) is 8.30. The number of aromatic nitrogens is 2. The molecule has 32 heavy (non-hydrogen) atoms. The number of carbonyl (C=O) groups is 1. The summed E-state index contributed by atoms with van der Waals surface area (Å²) < 4.78 is 10.9. The van der Waals surface area contributed by atoms with Crippen molar-refractivity contribution in [1.29, 1.82) is 0 Å². The van der Waals surface area contributed by atoms with E-state index >= 15 is 0 Å². The molecule has 1 aromatic heterocycles. The summed E-state index contributed by atoms with van der Waals surface area (Å²) >= 11 is 0. The Hall–Kier alpha value is -2.67. The normalized spacial score (nSPS) is 16.3. The number of benzene rings is 1. The molecule has 7 nitrogen and oxygen atoms in total. The third-order valence-corrected chi connectivity index (χ3v) is 6.32. The summed E-state index contributed by atoms with van der Waals surface area (Å²) in [6, 6.07) is 6.76. The summed E-state index contributed by atoms with van der Waals surface area (Å²) in [5.74, 6) is 0.169. The Bertz CT molecular complexity index is 866. The van der Waals surface area contributed by atoms with Gasteiger partial charge in [0.05, 0.1) is 31.1 Å². The molecule has 7 heteroatoms. The highest BCUT2D eigenvalue weighted by Gasteiger charge is 2.27. The van der Waals surface area contributed by atoms with Gasteiger partial charge in [-0.15, -0.1) is 0 Å². The smallest absolute Gasteiger partial charge is 0.316 e. The molecule has 2 aromatic rings. The lowest BCUT2D eigenvalue weighted by Crippen LogP contribution is -2.22. The van der Waals surface area contributed by atoms with E-state index < -0.39 is 5.97 Å². The van der Waals surface area contributed by atoms with Gasteiger partial charge in [-0.2, -0.15) is 0 Å². The predicted molar refractivity (Wildman–Crippen MR) is 125 cm³/mol. The van der Waals surface area contributed by atoms with Crippen molar-refractivity contribution in [2.45, 2.75) is 64.7 Å². The van der Waals surface area contributed by atoms with Crippen LogP contribution in [0.2, 0.25) is 0 Å². The van der Waals surface area contributed by atoms with E-state index in [9.17, 15) is 9.90 Å². The van der Waals surface area contributed by atoms with E-state index in [2.05, 4.69) is 40.4 Å². The topological polar surface area (TPSA) is 93.6 Å². The Labute approximate surface area is 190 Å². The van der Waals surface area contributed by atoms with Crippen LogP contribution in [0.15, 0.2) is 30.6 Å². The van der Waals surface area contributed by atoms with Gasteiger partial charge < -0.3 is 19.9 Å². The average Bonchev–Trinajstić information content (AvgIpc) is 2.81. The number of anilines is 2. The van der Waals surface area contributed by atoms with Crippen LogP contribution in [0.3, 0.4) is 0 Å². The molecule has 0 spiro atoms. The van der Waals surface area contributed by atoms with E-state index in [4.69, 9.17) is 9.47 Å². The second kappa shape index (κ2) is 11.8. The third kappa shape index (κ3) is 6.19. The highest BCUT2D eigenvalue weighted by Crippen LogP contribution is 2.40. The molecule has 0 radical (unpaired) electrons. The van der Waals surface area contributed by atoms with Crippen LogP contribution in [0.1, 0.15) is 75.8 Å². The number of carboxylic acid groups (broad SMARTS) is 1. The van der Waals surface area contributed by atoms with Gasteiger partial charge in [-0.25, -0.2) is 9.97 Å². The maximum absolute atomic E-state index is 11.4. The first-order chi connectivity index (χ1) is 15.5. The van der Waals surface area contributed by atoms with Gasteiger partial charge in [0.15, 0.2) is 0 Å². The molecule has 1 saturated heterocycles. The van der Waals surface area contributed by atoms with Crippen LogP contribution in [-0.2, 0) is 9.53 Å². The molecule has 0 unspecified atom stereocenters. The van der Waals surface area contributed by atoms with Crippen LogP contribution >= 0.6 is 0 Å². The fourth-order valence-electron chi connectivity index (χ4n) is 4.63. The van der Waals surface area contributed by atoms with Gasteiger partial charge in [-0.1, -0.05) is 26.0 Å². The van der Waals surface area contributed by atoms with E-state index in [1.165, 1.54) is 5.56 Å². The lowest BCUT2D eigenvalue weighted by atomic mass is 9.78. The van der Waals surface area contributed by atoms with Crippen molar-refractivity contribution in [3.05, 3.63) is 41.7 Å². The summed E-state index contributed by atoms with van der Waals surface area (Å²) in [4.78, 5) is 19.9. The molecule has 0 bridgehead atoms. The fourth-order valence-corrected chi connectivity index (χ4v) is 4.63. The zero-order valence-electron chi connectivity index (χ0n) is 19.3. The van der Waals surface area contributed by atoms with Gasteiger partial charge in [-0.3, -0.25) is 4.79 Å². The number of nitrogens with zero attached hydrogens (tertiary/aromatic N) is 2. The SMILES string of the molecule is CCOc1ncc(Nc2cc([C@H](CC)CC(=O)O)ccc2[C@H](CC)C2CCOCC2)cn1. The van der Waals surface area contributed by atoms with E-state index in [-0.39, 0.29) is 12.3 Å². The highest BCUT2D eigenvalue weighted by molar-refractivity contribution is 5.69. The van der Waals surface area contributed by atoms with Gasteiger partial charge in [-0.05, 0) is 67.6 Å².